The first-order valence-corrected chi connectivity index (χ1v) is 8.28. The molecule has 1 aliphatic rings. The van der Waals surface area contributed by atoms with Crippen LogP contribution in [0, 0.1) is 18.3 Å². The molecular weight excluding hydrogens is 320 g/mol. The van der Waals surface area contributed by atoms with Crippen molar-refractivity contribution in [3.05, 3.63) is 69.2 Å². The number of aryl methyl sites for hydroxylation is 1. The number of hydrogen-bond donors (Lipinski definition) is 2. The number of thiophene rings is 1. The minimum atomic E-state index is -0.272. The Morgan fingerprint density at radius 1 is 1.25 bits per heavy atom. The van der Waals surface area contributed by atoms with Crippen LogP contribution in [0.5, 0.6) is 5.88 Å². The van der Waals surface area contributed by atoms with Gasteiger partial charge in [0.15, 0.2) is 0 Å². The Morgan fingerprint density at radius 2 is 2.04 bits per heavy atom. The summed E-state index contributed by atoms with van der Waals surface area (Å²) in [6, 6.07) is 16.2. The number of allylic oxidation sites excluding steroid dienone is 1. The molecule has 1 aromatic carbocycles. The number of nitriles is 1. The molecule has 4 rings (SSSR count). The summed E-state index contributed by atoms with van der Waals surface area (Å²) in [6.45, 7) is 2.04. The van der Waals surface area contributed by atoms with Crippen LogP contribution in [0.25, 0.3) is 11.3 Å². The summed E-state index contributed by atoms with van der Waals surface area (Å²) >= 11 is 1.65. The highest BCUT2D eigenvalue weighted by Gasteiger charge is 2.36. The van der Waals surface area contributed by atoms with E-state index in [9.17, 15) is 5.26 Å². The van der Waals surface area contributed by atoms with E-state index >= 15 is 0 Å². The molecule has 3 N–H and O–H groups in total. The number of aromatic amines is 1. The van der Waals surface area contributed by atoms with Gasteiger partial charge in [-0.1, -0.05) is 30.3 Å². The van der Waals surface area contributed by atoms with Crippen LogP contribution in [0.3, 0.4) is 0 Å². The molecule has 0 bridgehead atoms. The van der Waals surface area contributed by atoms with Gasteiger partial charge in [-0.15, -0.1) is 16.4 Å². The zero-order valence-electron chi connectivity index (χ0n) is 12.9. The Labute approximate surface area is 143 Å². The van der Waals surface area contributed by atoms with Crippen molar-refractivity contribution in [2.75, 3.05) is 0 Å². The van der Waals surface area contributed by atoms with Crippen LogP contribution in [0.15, 0.2) is 53.9 Å². The van der Waals surface area contributed by atoms with Crippen LogP contribution in [0.2, 0.25) is 0 Å². The second kappa shape index (κ2) is 5.55. The maximum Gasteiger partial charge on any atom is 0.244 e. The van der Waals surface area contributed by atoms with Crippen molar-refractivity contribution in [3.8, 4) is 23.2 Å². The van der Waals surface area contributed by atoms with Crippen LogP contribution >= 0.6 is 11.3 Å². The molecule has 5 nitrogen and oxygen atoms in total. The van der Waals surface area contributed by atoms with E-state index in [0.29, 0.717) is 11.5 Å². The molecular formula is C18H14N4OS. The second-order valence-corrected chi connectivity index (χ2v) is 6.88. The fraction of sp³-hybridized carbons (Fsp3) is 0.111. The van der Waals surface area contributed by atoms with Gasteiger partial charge in [0.25, 0.3) is 0 Å². The molecule has 3 aromatic rings. The van der Waals surface area contributed by atoms with Crippen molar-refractivity contribution in [2.45, 2.75) is 12.8 Å². The molecule has 0 saturated carbocycles. The van der Waals surface area contributed by atoms with Crippen molar-refractivity contribution in [1.29, 1.82) is 5.26 Å². The lowest BCUT2D eigenvalue weighted by Gasteiger charge is -2.22. The lowest BCUT2D eigenvalue weighted by molar-refractivity contribution is 0.379. The Bertz CT molecular complexity index is 978. The molecule has 0 amide bonds. The monoisotopic (exact) mass is 334 g/mol. The van der Waals surface area contributed by atoms with E-state index in [2.05, 4.69) is 16.3 Å². The van der Waals surface area contributed by atoms with Crippen molar-refractivity contribution in [2.24, 2.45) is 5.73 Å². The molecule has 118 valence electrons. The van der Waals surface area contributed by atoms with E-state index in [0.717, 1.165) is 21.7 Å². The number of nitrogens with zero attached hydrogens (tertiary/aromatic N) is 2. The predicted octanol–water partition coefficient (Wildman–Crippen LogP) is 3.66. The van der Waals surface area contributed by atoms with Crippen molar-refractivity contribution < 1.29 is 4.74 Å². The molecule has 2 aromatic heterocycles. The number of H-pyrrole nitrogens is 1. The van der Waals surface area contributed by atoms with Crippen molar-refractivity contribution >= 4 is 11.3 Å². The third-order valence-electron chi connectivity index (χ3n) is 4.05. The van der Waals surface area contributed by atoms with Gasteiger partial charge in [-0.25, -0.2) is 0 Å². The highest BCUT2D eigenvalue weighted by Crippen LogP contribution is 2.47. The molecule has 3 heterocycles. The number of benzene rings is 1. The summed E-state index contributed by atoms with van der Waals surface area (Å²) in [7, 11) is 0. The number of fused-ring (bicyclic) bond motifs is 1. The van der Waals surface area contributed by atoms with Gasteiger partial charge in [0.1, 0.15) is 11.6 Å². The van der Waals surface area contributed by atoms with E-state index < -0.39 is 0 Å². The standard InChI is InChI=1S/C18H14N4OS/c1-10-7-8-13(24-10)14-12(9-19)17(20)23-18-15(14)16(21-22-18)11-5-3-2-4-6-11/h2-8,14H,20H2,1H3,(H,21,22)/t14-/m0/s1. The van der Waals surface area contributed by atoms with Crippen LogP contribution in [0.1, 0.15) is 21.2 Å². The topological polar surface area (TPSA) is 87.7 Å². The third kappa shape index (κ3) is 2.18. The summed E-state index contributed by atoms with van der Waals surface area (Å²) in [6.07, 6.45) is 0. The Kier molecular flexibility index (Phi) is 3.36. The second-order valence-electron chi connectivity index (χ2n) is 5.56. The van der Waals surface area contributed by atoms with Gasteiger partial charge in [-0.2, -0.15) is 5.26 Å². The smallest absolute Gasteiger partial charge is 0.244 e. The summed E-state index contributed by atoms with van der Waals surface area (Å²) in [5.74, 6) is 0.278. The number of hydrogen-bond acceptors (Lipinski definition) is 5. The van der Waals surface area contributed by atoms with Crippen LogP contribution < -0.4 is 10.5 Å². The fourth-order valence-electron chi connectivity index (χ4n) is 2.96. The number of ether oxygens (including phenoxy) is 1. The number of rotatable bonds is 2. The zero-order chi connectivity index (χ0) is 16.7. The van der Waals surface area contributed by atoms with Crippen LogP contribution in [-0.2, 0) is 0 Å². The zero-order valence-corrected chi connectivity index (χ0v) is 13.7. The van der Waals surface area contributed by atoms with Gasteiger partial charge in [0.2, 0.25) is 11.8 Å². The van der Waals surface area contributed by atoms with E-state index in [1.165, 1.54) is 4.88 Å². The molecule has 0 unspecified atom stereocenters. The first-order valence-electron chi connectivity index (χ1n) is 7.46. The summed E-state index contributed by atoms with van der Waals surface area (Å²) < 4.78 is 5.59. The first-order chi connectivity index (χ1) is 11.7. The maximum absolute atomic E-state index is 9.63. The summed E-state index contributed by atoms with van der Waals surface area (Å²) in [5, 5.41) is 16.9. The third-order valence-corrected chi connectivity index (χ3v) is 5.11. The number of nitrogens with one attached hydrogen (secondary N) is 1. The molecule has 0 fully saturated rings. The molecule has 1 atom stereocenters. The summed E-state index contributed by atoms with van der Waals surface area (Å²) in [4.78, 5) is 2.23. The molecule has 1 aliphatic heterocycles. The van der Waals surface area contributed by atoms with Gasteiger partial charge in [-0.05, 0) is 24.6 Å². The van der Waals surface area contributed by atoms with Crippen LogP contribution in [-0.4, -0.2) is 10.2 Å². The average molecular weight is 334 g/mol. The number of aromatic nitrogens is 2. The molecule has 0 aliphatic carbocycles. The average Bonchev–Trinajstić information content (AvgIpc) is 3.20. The van der Waals surface area contributed by atoms with Crippen molar-refractivity contribution in [3.63, 3.8) is 0 Å². The van der Waals surface area contributed by atoms with Gasteiger partial charge in [0.05, 0.1) is 17.2 Å². The lowest BCUT2D eigenvalue weighted by atomic mass is 9.87. The van der Waals surface area contributed by atoms with Gasteiger partial charge < -0.3 is 10.5 Å². The molecule has 6 heteroatoms. The highest BCUT2D eigenvalue weighted by atomic mass is 32.1. The molecule has 24 heavy (non-hydrogen) atoms. The fourth-order valence-corrected chi connectivity index (χ4v) is 3.96. The molecule has 0 spiro atoms. The Morgan fingerprint density at radius 3 is 2.71 bits per heavy atom. The molecule has 0 radical (unpaired) electrons. The summed E-state index contributed by atoms with van der Waals surface area (Å²) in [5.41, 5.74) is 9.09. The van der Waals surface area contributed by atoms with Gasteiger partial charge in [0, 0.05) is 9.75 Å². The van der Waals surface area contributed by atoms with E-state index in [1.54, 1.807) is 11.3 Å². The maximum atomic E-state index is 9.63. The van der Waals surface area contributed by atoms with Crippen molar-refractivity contribution in [1.82, 2.24) is 10.2 Å². The van der Waals surface area contributed by atoms with Gasteiger partial charge >= 0.3 is 0 Å². The van der Waals surface area contributed by atoms with E-state index in [4.69, 9.17) is 10.5 Å². The largest absolute Gasteiger partial charge is 0.420 e. The SMILES string of the molecule is Cc1ccc([C@@H]2C(C#N)=C(N)Oc3n[nH]c(-c4ccccc4)c32)s1. The Balaban J connectivity index is 1.96. The van der Waals surface area contributed by atoms with E-state index in [-0.39, 0.29) is 11.8 Å². The Hall–Kier alpha value is -3.04. The highest BCUT2D eigenvalue weighted by molar-refractivity contribution is 7.12. The molecule has 0 saturated heterocycles. The number of nitrogens with two attached hydrogens (primary N) is 1. The van der Waals surface area contributed by atoms with E-state index in [1.807, 2.05) is 49.4 Å². The van der Waals surface area contributed by atoms with Crippen LogP contribution in [0.4, 0.5) is 0 Å². The quantitative estimate of drug-likeness (QED) is 0.748. The minimum absolute atomic E-state index is 0.118. The lowest BCUT2D eigenvalue weighted by Crippen LogP contribution is -2.20. The first kappa shape index (κ1) is 14.5. The predicted molar refractivity (Wildman–Crippen MR) is 92.4 cm³/mol. The minimum Gasteiger partial charge on any atom is -0.420 e. The van der Waals surface area contributed by atoms with Gasteiger partial charge in [-0.3, -0.25) is 5.10 Å². The normalized spacial score (nSPS) is 16.4.